The zero-order chi connectivity index (χ0) is 10.3. The van der Waals surface area contributed by atoms with Gasteiger partial charge in [-0.05, 0) is 24.7 Å². The topological polar surface area (TPSA) is 40.5 Å². The highest BCUT2D eigenvalue weighted by molar-refractivity contribution is 5.79. The van der Waals surface area contributed by atoms with Crippen LogP contribution in [0.1, 0.15) is 33.1 Å². The lowest BCUT2D eigenvalue weighted by Gasteiger charge is -2.31. The van der Waals surface area contributed by atoms with E-state index < -0.39 is 6.10 Å². The molecule has 2 aliphatic rings. The second-order valence-corrected chi connectivity index (χ2v) is 4.98. The maximum atomic E-state index is 11.6. The molecule has 1 amide bonds. The Balaban J connectivity index is 2.06. The minimum Gasteiger partial charge on any atom is -0.391 e. The molecule has 0 bridgehead atoms. The minimum absolute atomic E-state index is 0.142. The molecular formula is C11H19NO2. The number of amides is 1. The number of hydrogen-bond donors (Lipinski definition) is 1. The van der Waals surface area contributed by atoms with Gasteiger partial charge in [0.15, 0.2) is 0 Å². The lowest BCUT2D eigenvalue weighted by atomic mass is 9.98. The first-order valence-electron chi connectivity index (χ1n) is 5.57. The second kappa shape index (κ2) is 3.54. The highest BCUT2D eigenvalue weighted by Crippen LogP contribution is 2.40. The van der Waals surface area contributed by atoms with E-state index in [0.717, 1.165) is 0 Å². The zero-order valence-corrected chi connectivity index (χ0v) is 8.94. The van der Waals surface area contributed by atoms with E-state index in [9.17, 15) is 9.90 Å². The number of nitrogens with zero attached hydrogens (tertiary/aromatic N) is 1. The van der Waals surface area contributed by atoms with Gasteiger partial charge in [-0.25, -0.2) is 0 Å². The standard InChI is InChI=1S/C11H19NO2/c1-7(2)11(8-3-4-8)12-6-9(13)5-10(12)14/h7-9,11,13H,3-6H2,1-2H3. The van der Waals surface area contributed by atoms with Gasteiger partial charge in [0, 0.05) is 12.6 Å². The molecule has 0 aromatic heterocycles. The van der Waals surface area contributed by atoms with Crippen molar-refractivity contribution in [3.8, 4) is 0 Å². The highest BCUT2D eigenvalue weighted by atomic mass is 16.3. The first-order chi connectivity index (χ1) is 6.59. The Labute approximate surface area is 85.1 Å². The van der Waals surface area contributed by atoms with E-state index in [4.69, 9.17) is 0 Å². The van der Waals surface area contributed by atoms with Gasteiger partial charge in [0.05, 0.1) is 12.5 Å². The number of hydrogen-bond acceptors (Lipinski definition) is 2. The van der Waals surface area contributed by atoms with Crippen molar-refractivity contribution in [3.63, 3.8) is 0 Å². The number of aliphatic hydroxyl groups is 1. The van der Waals surface area contributed by atoms with Crippen LogP contribution in [0, 0.1) is 11.8 Å². The van der Waals surface area contributed by atoms with Crippen LogP contribution in [0.3, 0.4) is 0 Å². The molecule has 14 heavy (non-hydrogen) atoms. The van der Waals surface area contributed by atoms with E-state index in [1.807, 2.05) is 4.90 Å². The monoisotopic (exact) mass is 197 g/mol. The first kappa shape index (κ1) is 9.97. The smallest absolute Gasteiger partial charge is 0.225 e. The molecule has 80 valence electrons. The Morgan fingerprint density at radius 2 is 2.07 bits per heavy atom. The van der Waals surface area contributed by atoms with Crippen molar-refractivity contribution < 1.29 is 9.90 Å². The molecule has 2 unspecified atom stereocenters. The summed E-state index contributed by atoms with van der Waals surface area (Å²) in [7, 11) is 0. The summed E-state index contributed by atoms with van der Waals surface area (Å²) in [6.07, 6.45) is 2.41. The molecule has 1 aliphatic heterocycles. The van der Waals surface area contributed by atoms with Crippen LogP contribution in [0.5, 0.6) is 0 Å². The predicted octanol–water partition coefficient (Wildman–Crippen LogP) is 1.01. The molecule has 2 atom stereocenters. The Hall–Kier alpha value is -0.570. The van der Waals surface area contributed by atoms with Crippen LogP contribution in [0.4, 0.5) is 0 Å². The number of carbonyl (C=O) groups excluding carboxylic acids is 1. The van der Waals surface area contributed by atoms with Crippen molar-refractivity contribution in [2.45, 2.75) is 45.3 Å². The molecular weight excluding hydrogens is 178 g/mol. The number of likely N-dealkylation sites (tertiary alicyclic amines) is 1. The first-order valence-corrected chi connectivity index (χ1v) is 5.57. The average molecular weight is 197 g/mol. The van der Waals surface area contributed by atoms with Crippen LogP contribution < -0.4 is 0 Å². The average Bonchev–Trinajstić information content (AvgIpc) is 2.81. The third-order valence-electron chi connectivity index (χ3n) is 3.29. The Kier molecular flexibility index (Phi) is 2.52. The van der Waals surface area contributed by atoms with E-state index >= 15 is 0 Å². The predicted molar refractivity (Wildman–Crippen MR) is 53.7 cm³/mol. The molecule has 0 aromatic rings. The summed E-state index contributed by atoms with van der Waals surface area (Å²) in [5.74, 6) is 1.35. The number of carbonyl (C=O) groups is 1. The summed E-state index contributed by atoms with van der Waals surface area (Å²) in [4.78, 5) is 13.5. The summed E-state index contributed by atoms with van der Waals surface area (Å²) in [5.41, 5.74) is 0. The van der Waals surface area contributed by atoms with Crippen molar-refractivity contribution in [1.29, 1.82) is 0 Å². The van der Waals surface area contributed by atoms with Gasteiger partial charge in [0.1, 0.15) is 0 Å². The van der Waals surface area contributed by atoms with Crippen molar-refractivity contribution in [1.82, 2.24) is 4.90 Å². The van der Waals surface area contributed by atoms with Gasteiger partial charge < -0.3 is 10.0 Å². The summed E-state index contributed by atoms with van der Waals surface area (Å²) in [5, 5.41) is 9.44. The molecule has 1 saturated carbocycles. The normalized spacial score (nSPS) is 30.1. The van der Waals surface area contributed by atoms with Crippen molar-refractivity contribution in [3.05, 3.63) is 0 Å². The lowest BCUT2D eigenvalue weighted by molar-refractivity contribution is -0.131. The minimum atomic E-state index is -0.428. The Morgan fingerprint density at radius 1 is 1.43 bits per heavy atom. The van der Waals surface area contributed by atoms with Gasteiger partial charge in [-0.3, -0.25) is 4.79 Å². The number of β-amino-alcohol motifs (C(OH)–C–C–N with tert-alkyl or cyclic N) is 1. The van der Waals surface area contributed by atoms with Gasteiger partial charge in [0.2, 0.25) is 5.91 Å². The molecule has 0 aromatic carbocycles. The third-order valence-corrected chi connectivity index (χ3v) is 3.29. The van der Waals surface area contributed by atoms with Gasteiger partial charge >= 0.3 is 0 Å². The van der Waals surface area contributed by atoms with Crippen molar-refractivity contribution in [2.24, 2.45) is 11.8 Å². The molecule has 1 aliphatic carbocycles. The van der Waals surface area contributed by atoms with E-state index in [0.29, 0.717) is 30.8 Å². The summed E-state index contributed by atoms with van der Waals surface area (Å²) >= 11 is 0. The van der Waals surface area contributed by atoms with Gasteiger partial charge in [-0.15, -0.1) is 0 Å². The molecule has 3 heteroatoms. The Morgan fingerprint density at radius 3 is 2.43 bits per heavy atom. The maximum Gasteiger partial charge on any atom is 0.225 e. The highest BCUT2D eigenvalue weighted by Gasteiger charge is 2.42. The van der Waals surface area contributed by atoms with Crippen LogP contribution in [0.2, 0.25) is 0 Å². The number of aliphatic hydroxyl groups excluding tert-OH is 1. The van der Waals surface area contributed by atoms with E-state index in [1.54, 1.807) is 0 Å². The maximum absolute atomic E-state index is 11.6. The molecule has 1 N–H and O–H groups in total. The SMILES string of the molecule is CC(C)C(C1CC1)N1CC(O)CC1=O. The lowest BCUT2D eigenvalue weighted by Crippen LogP contribution is -2.42. The van der Waals surface area contributed by atoms with E-state index in [1.165, 1.54) is 12.8 Å². The summed E-state index contributed by atoms with van der Waals surface area (Å²) < 4.78 is 0. The van der Waals surface area contributed by atoms with Crippen molar-refractivity contribution in [2.75, 3.05) is 6.54 Å². The van der Waals surface area contributed by atoms with Gasteiger partial charge in [0.25, 0.3) is 0 Å². The van der Waals surface area contributed by atoms with Crippen LogP contribution in [-0.4, -0.2) is 34.6 Å². The molecule has 1 heterocycles. The fraction of sp³-hybridized carbons (Fsp3) is 0.909. The molecule has 2 fully saturated rings. The van der Waals surface area contributed by atoms with Crippen LogP contribution in [-0.2, 0) is 4.79 Å². The molecule has 0 radical (unpaired) electrons. The summed E-state index contributed by atoms with van der Waals surface area (Å²) in [6.45, 7) is 4.89. The summed E-state index contributed by atoms with van der Waals surface area (Å²) in [6, 6.07) is 0.375. The molecule has 1 saturated heterocycles. The van der Waals surface area contributed by atoms with Gasteiger partial charge in [-0.2, -0.15) is 0 Å². The largest absolute Gasteiger partial charge is 0.391 e. The fourth-order valence-corrected chi connectivity index (χ4v) is 2.60. The van der Waals surface area contributed by atoms with E-state index in [-0.39, 0.29) is 5.91 Å². The Bertz CT molecular complexity index is 233. The third kappa shape index (κ3) is 1.78. The van der Waals surface area contributed by atoms with Crippen LogP contribution in [0.15, 0.2) is 0 Å². The molecule has 2 rings (SSSR count). The molecule has 3 nitrogen and oxygen atoms in total. The van der Waals surface area contributed by atoms with E-state index in [2.05, 4.69) is 13.8 Å². The molecule has 0 spiro atoms. The van der Waals surface area contributed by atoms with Crippen LogP contribution >= 0.6 is 0 Å². The number of rotatable bonds is 3. The zero-order valence-electron chi connectivity index (χ0n) is 8.94. The van der Waals surface area contributed by atoms with Crippen molar-refractivity contribution >= 4 is 5.91 Å². The fourth-order valence-electron chi connectivity index (χ4n) is 2.60. The van der Waals surface area contributed by atoms with Crippen LogP contribution in [0.25, 0.3) is 0 Å². The second-order valence-electron chi connectivity index (χ2n) is 4.98. The van der Waals surface area contributed by atoms with Gasteiger partial charge in [-0.1, -0.05) is 13.8 Å². The quantitative estimate of drug-likeness (QED) is 0.733.